The summed E-state index contributed by atoms with van der Waals surface area (Å²) < 4.78 is 28.2. The first kappa shape index (κ1) is 19.4. The summed E-state index contributed by atoms with van der Waals surface area (Å²) in [5.74, 6) is -0.0263. The van der Waals surface area contributed by atoms with E-state index in [0.717, 1.165) is 36.5 Å². The van der Waals surface area contributed by atoms with Crippen molar-refractivity contribution >= 4 is 26.7 Å². The summed E-state index contributed by atoms with van der Waals surface area (Å²) in [6.07, 6.45) is 4.41. The van der Waals surface area contributed by atoms with Gasteiger partial charge in [0.25, 0.3) is 0 Å². The second kappa shape index (κ2) is 7.48. The SMILES string of the molecule is C[C@H]1CCC[C@H](C)N1C(=O)[C@@H]1CCCN1S(=O)(=O)c1ccc2ccccc2c1. The number of piperidine rings is 1. The molecule has 1 amide bonds. The lowest BCUT2D eigenvalue weighted by molar-refractivity contribution is -0.140. The van der Waals surface area contributed by atoms with Gasteiger partial charge in [0.1, 0.15) is 6.04 Å². The summed E-state index contributed by atoms with van der Waals surface area (Å²) in [4.78, 5) is 15.5. The van der Waals surface area contributed by atoms with Crippen molar-refractivity contribution in [3.8, 4) is 0 Å². The molecule has 0 spiro atoms. The molecule has 2 fully saturated rings. The summed E-state index contributed by atoms with van der Waals surface area (Å²) in [5.41, 5.74) is 0. The molecule has 0 saturated carbocycles. The molecule has 0 bridgehead atoms. The van der Waals surface area contributed by atoms with Crippen molar-refractivity contribution in [2.45, 2.75) is 69.0 Å². The molecule has 150 valence electrons. The van der Waals surface area contributed by atoms with Crippen molar-refractivity contribution in [2.75, 3.05) is 6.54 Å². The molecule has 2 saturated heterocycles. The number of fused-ring (bicyclic) bond motifs is 1. The van der Waals surface area contributed by atoms with Crippen LogP contribution >= 0.6 is 0 Å². The van der Waals surface area contributed by atoms with E-state index in [1.54, 1.807) is 12.1 Å². The normalized spacial score (nSPS) is 26.6. The van der Waals surface area contributed by atoms with E-state index in [0.29, 0.717) is 13.0 Å². The molecule has 0 radical (unpaired) electrons. The highest BCUT2D eigenvalue weighted by Crippen LogP contribution is 2.32. The molecule has 6 heteroatoms. The first-order valence-electron chi connectivity index (χ1n) is 10.2. The van der Waals surface area contributed by atoms with E-state index in [-0.39, 0.29) is 22.9 Å². The third-order valence-corrected chi connectivity index (χ3v) is 8.17. The fourth-order valence-corrected chi connectivity index (χ4v) is 6.45. The smallest absolute Gasteiger partial charge is 0.243 e. The van der Waals surface area contributed by atoms with Gasteiger partial charge < -0.3 is 4.90 Å². The second-order valence-corrected chi connectivity index (χ2v) is 10.0. The number of likely N-dealkylation sites (tertiary alicyclic amines) is 1. The van der Waals surface area contributed by atoms with Crippen LogP contribution in [0.4, 0.5) is 0 Å². The molecule has 0 N–H and O–H groups in total. The molecule has 5 nitrogen and oxygen atoms in total. The lowest BCUT2D eigenvalue weighted by Gasteiger charge is -2.41. The maximum Gasteiger partial charge on any atom is 0.243 e. The van der Waals surface area contributed by atoms with Crippen LogP contribution in [-0.4, -0.2) is 48.2 Å². The van der Waals surface area contributed by atoms with Crippen molar-refractivity contribution < 1.29 is 13.2 Å². The van der Waals surface area contributed by atoms with Gasteiger partial charge in [-0.1, -0.05) is 30.3 Å². The predicted octanol–water partition coefficient (Wildman–Crippen LogP) is 3.78. The van der Waals surface area contributed by atoms with Gasteiger partial charge in [-0.3, -0.25) is 4.79 Å². The maximum atomic E-state index is 13.4. The van der Waals surface area contributed by atoms with Crippen molar-refractivity contribution in [1.82, 2.24) is 9.21 Å². The zero-order chi connectivity index (χ0) is 19.9. The minimum absolute atomic E-state index is 0.0263. The third-order valence-electron chi connectivity index (χ3n) is 6.26. The number of sulfonamides is 1. The quantitative estimate of drug-likeness (QED) is 0.788. The first-order valence-corrected chi connectivity index (χ1v) is 11.7. The summed E-state index contributed by atoms with van der Waals surface area (Å²) in [6.45, 7) is 4.55. The van der Waals surface area contributed by atoms with Gasteiger partial charge in [-0.05, 0) is 68.9 Å². The van der Waals surface area contributed by atoms with Crippen molar-refractivity contribution in [3.63, 3.8) is 0 Å². The van der Waals surface area contributed by atoms with E-state index < -0.39 is 16.1 Å². The Morgan fingerprint density at radius 1 is 0.929 bits per heavy atom. The number of hydrogen-bond donors (Lipinski definition) is 0. The van der Waals surface area contributed by atoms with Crippen LogP contribution in [0.25, 0.3) is 10.8 Å². The third kappa shape index (κ3) is 3.33. The van der Waals surface area contributed by atoms with Crippen molar-refractivity contribution in [1.29, 1.82) is 0 Å². The van der Waals surface area contributed by atoms with Crippen LogP contribution in [-0.2, 0) is 14.8 Å². The summed E-state index contributed by atoms with van der Waals surface area (Å²) >= 11 is 0. The Bertz CT molecular complexity index is 978. The topological polar surface area (TPSA) is 57.7 Å². The molecule has 2 heterocycles. The Balaban J connectivity index is 1.65. The van der Waals surface area contributed by atoms with E-state index in [2.05, 4.69) is 13.8 Å². The van der Waals surface area contributed by atoms with Crippen LogP contribution in [0, 0.1) is 0 Å². The average Bonchev–Trinajstić information content (AvgIpc) is 3.18. The van der Waals surface area contributed by atoms with Gasteiger partial charge in [0.05, 0.1) is 4.90 Å². The lowest BCUT2D eigenvalue weighted by Crippen LogP contribution is -2.54. The summed E-state index contributed by atoms with van der Waals surface area (Å²) in [7, 11) is -3.71. The standard InChI is InChI=1S/C22H28N2O3S/c1-16-7-5-8-17(2)24(16)22(25)21-11-6-14-23(21)28(26,27)20-13-12-18-9-3-4-10-19(18)15-20/h3-4,9-10,12-13,15-17,21H,5-8,11,14H2,1-2H3/t16-,17-,21-/m0/s1. The molecular weight excluding hydrogens is 372 g/mol. The number of nitrogens with zero attached hydrogens (tertiary/aromatic N) is 2. The Hall–Kier alpha value is -1.92. The molecule has 4 rings (SSSR count). The van der Waals surface area contributed by atoms with E-state index in [4.69, 9.17) is 0 Å². The molecule has 2 aliphatic rings. The number of carbonyl (C=O) groups is 1. The Morgan fingerprint density at radius 2 is 1.61 bits per heavy atom. The van der Waals surface area contributed by atoms with E-state index >= 15 is 0 Å². The molecule has 0 aliphatic carbocycles. The molecule has 2 aromatic rings. The fourth-order valence-electron chi connectivity index (χ4n) is 4.77. The largest absolute Gasteiger partial charge is 0.336 e. The zero-order valence-electron chi connectivity index (χ0n) is 16.5. The van der Waals surface area contributed by atoms with Gasteiger partial charge in [0.15, 0.2) is 0 Å². The Kier molecular flexibility index (Phi) is 5.19. The molecule has 2 aromatic carbocycles. The van der Waals surface area contributed by atoms with E-state index in [1.165, 1.54) is 4.31 Å². The van der Waals surface area contributed by atoms with Gasteiger partial charge >= 0.3 is 0 Å². The number of benzene rings is 2. The van der Waals surface area contributed by atoms with Crippen LogP contribution in [0.15, 0.2) is 47.4 Å². The van der Waals surface area contributed by atoms with Gasteiger partial charge in [0.2, 0.25) is 15.9 Å². The molecule has 0 aromatic heterocycles. The highest BCUT2D eigenvalue weighted by Gasteiger charge is 2.43. The molecule has 2 aliphatic heterocycles. The van der Waals surface area contributed by atoms with Crippen molar-refractivity contribution in [2.24, 2.45) is 0 Å². The average molecular weight is 401 g/mol. The monoisotopic (exact) mass is 400 g/mol. The number of rotatable bonds is 3. The van der Waals surface area contributed by atoms with Gasteiger partial charge in [0, 0.05) is 18.6 Å². The number of carbonyl (C=O) groups excluding carboxylic acids is 1. The van der Waals surface area contributed by atoms with Gasteiger partial charge in [-0.15, -0.1) is 0 Å². The summed E-state index contributed by atoms with van der Waals surface area (Å²) in [6, 6.07) is 12.7. The predicted molar refractivity (Wildman–Crippen MR) is 110 cm³/mol. The summed E-state index contributed by atoms with van der Waals surface area (Å²) in [5, 5.41) is 1.90. The van der Waals surface area contributed by atoms with Crippen LogP contribution < -0.4 is 0 Å². The minimum atomic E-state index is -3.71. The maximum absolute atomic E-state index is 13.4. The minimum Gasteiger partial charge on any atom is -0.336 e. The van der Waals surface area contributed by atoms with E-state index in [1.807, 2.05) is 35.2 Å². The van der Waals surface area contributed by atoms with Crippen LogP contribution in [0.2, 0.25) is 0 Å². The number of amides is 1. The van der Waals surface area contributed by atoms with Gasteiger partial charge in [-0.2, -0.15) is 4.31 Å². The fraction of sp³-hybridized carbons (Fsp3) is 0.500. The highest BCUT2D eigenvalue weighted by atomic mass is 32.2. The second-order valence-electron chi connectivity index (χ2n) is 8.16. The molecule has 28 heavy (non-hydrogen) atoms. The zero-order valence-corrected chi connectivity index (χ0v) is 17.4. The van der Waals surface area contributed by atoms with Gasteiger partial charge in [-0.25, -0.2) is 8.42 Å². The van der Waals surface area contributed by atoms with Crippen molar-refractivity contribution in [3.05, 3.63) is 42.5 Å². The van der Waals surface area contributed by atoms with Crippen LogP contribution in [0.5, 0.6) is 0 Å². The highest BCUT2D eigenvalue weighted by molar-refractivity contribution is 7.89. The molecule has 3 atom stereocenters. The lowest BCUT2D eigenvalue weighted by atomic mass is 9.96. The van der Waals surface area contributed by atoms with Crippen LogP contribution in [0.1, 0.15) is 46.0 Å². The Morgan fingerprint density at radius 3 is 2.32 bits per heavy atom. The molecular formula is C22H28N2O3S. The number of hydrogen-bond acceptors (Lipinski definition) is 3. The van der Waals surface area contributed by atoms with Crippen LogP contribution in [0.3, 0.4) is 0 Å². The first-order chi connectivity index (χ1) is 13.4. The Labute approximate surface area is 167 Å². The molecule has 0 unspecified atom stereocenters. The van der Waals surface area contributed by atoms with E-state index in [9.17, 15) is 13.2 Å².